The van der Waals surface area contributed by atoms with E-state index in [-0.39, 0.29) is 22.3 Å². The number of carbonyl (C=O) groups excluding carboxylic acids is 1. The Balaban J connectivity index is 1.35. The van der Waals surface area contributed by atoms with E-state index in [1.807, 2.05) is 6.20 Å². The zero-order chi connectivity index (χ0) is 22.3. The van der Waals surface area contributed by atoms with E-state index in [2.05, 4.69) is 15.2 Å². The van der Waals surface area contributed by atoms with E-state index >= 15 is 0 Å². The normalized spacial score (nSPS) is 18.4. The van der Waals surface area contributed by atoms with Crippen LogP contribution in [-0.2, 0) is 4.79 Å². The molecule has 2 aliphatic rings. The summed E-state index contributed by atoms with van der Waals surface area (Å²) < 4.78 is 29.0. The van der Waals surface area contributed by atoms with Gasteiger partial charge in [0, 0.05) is 25.2 Å². The lowest BCUT2D eigenvalue weighted by atomic mass is 9.78. The molecule has 1 spiro atoms. The Morgan fingerprint density at radius 2 is 1.69 bits per heavy atom. The molecule has 2 aromatic carbocycles. The molecule has 32 heavy (non-hydrogen) atoms. The van der Waals surface area contributed by atoms with E-state index < -0.39 is 5.82 Å². The zero-order valence-corrected chi connectivity index (χ0v) is 18.1. The van der Waals surface area contributed by atoms with Gasteiger partial charge in [0.25, 0.3) is 0 Å². The first-order valence-corrected chi connectivity index (χ1v) is 11.0. The Morgan fingerprint density at radius 3 is 2.41 bits per heavy atom. The number of piperidine rings is 2. The average molecular weight is 458 g/mol. The number of benzene rings is 2. The number of halogens is 3. The summed E-state index contributed by atoms with van der Waals surface area (Å²) in [6.07, 6.45) is 5.47. The molecular formula is C23H22ClF2N5O. The first-order valence-electron chi connectivity index (χ1n) is 10.7. The number of hydrogen-bond donors (Lipinski definition) is 0. The third kappa shape index (κ3) is 3.72. The van der Waals surface area contributed by atoms with Crippen LogP contribution in [0.3, 0.4) is 0 Å². The average Bonchev–Trinajstić information content (AvgIpc) is 3.27. The molecule has 0 aliphatic carbocycles. The Morgan fingerprint density at radius 1 is 0.969 bits per heavy atom. The molecular weight excluding hydrogens is 436 g/mol. The second kappa shape index (κ2) is 8.16. The summed E-state index contributed by atoms with van der Waals surface area (Å²) in [7, 11) is 0. The van der Waals surface area contributed by atoms with Gasteiger partial charge in [-0.05, 0) is 68.1 Å². The van der Waals surface area contributed by atoms with Gasteiger partial charge < -0.3 is 9.80 Å². The Bertz CT molecular complexity index is 1140. The van der Waals surface area contributed by atoms with E-state index in [0.717, 1.165) is 37.2 Å². The number of carbonyl (C=O) groups is 1. The van der Waals surface area contributed by atoms with Crippen LogP contribution in [0.4, 0.5) is 20.3 Å². The Kier molecular flexibility index (Phi) is 5.33. The minimum Gasteiger partial charge on any atom is -0.354 e. The summed E-state index contributed by atoms with van der Waals surface area (Å²) in [5.74, 6) is -0.0702. The van der Waals surface area contributed by atoms with Crippen LogP contribution in [0.15, 0.2) is 48.7 Å². The van der Waals surface area contributed by atoms with Gasteiger partial charge in [-0.15, -0.1) is 5.10 Å². The van der Waals surface area contributed by atoms with Crippen LogP contribution in [-0.4, -0.2) is 39.5 Å². The predicted molar refractivity (Wildman–Crippen MR) is 118 cm³/mol. The van der Waals surface area contributed by atoms with E-state index in [1.165, 1.54) is 24.3 Å². The molecule has 0 atom stereocenters. The molecule has 0 radical (unpaired) electrons. The van der Waals surface area contributed by atoms with E-state index in [9.17, 15) is 13.6 Å². The van der Waals surface area contributed by atoms with Crippen LogP contribution in [0.2, 0.25) is 5.02 Å². The topological polar surface area (TPSA) is 54.3 Å². The molecule has 166 valence electrons. The number of hydrogen-bond acceptors (Lipinski definition) is 4. The molecule has 2 saturated heterocycles. The SMILES string of the molecule is O=C1CCCC2(CCN(c3cn(-c4ccc(F)cc4)nn3)CC2)N1c1ccc(Cl)c(F)c1. The summed E-state index contributed by atoms with van der Waals surface area (Å²) in [4.78, 5) is 16.8. The molecule has 5 rings (SSSR count). The maximum atomic E-state index is 14.1. The minimum atomic E-state index is -0.521. The minimum absolute atomic E-state index is 0.0219. The van der Waals surface area contributed by atoms with Crippen molar-refractivity contribution in [2.24, 2.45) is 0 Å². The fourth-order valence-corrected chi connectivity index (χ4v) is 4.96. The molecule has 2 fully saturated rings. The number of amides is 1. The second-order valence-corrected chi connectivity index (χ2v) is 8.80. The monoisotopic (exact) mass is 457 g/mol. The van der Waals surface area contributed by atoms with Crippen molar-refractivity contribution in [3.8, 4) is 5.69 Å². The summed E-state index contributed by atoms with van der Waals surface area (Å²) in [5, 5.41) is 8.51. The van der Waals surface area contributed by atoms with Gasteiger partial charge in [0.15, 0.2) is 5.82 Å². The highest BCUT2D eigenvalue weighted by Crippen LogP contribution is 2.42. The van der Waals surface area contributed by atoms with Crippen molar-refractivity contribution in [1.29, 1.82) is 0 Å². The van der Waals surface area contributed by atoms with E-state index in [0.29, 0.717) is 25.2 Å². The van der Waals surface area contributed by atoms with Crippen LogP contribution in [0.25, 0.3) is 5.69 Å². The van der Waals surface area contributed by atoms with Crippen LogP contribution in [0, 0.1) is 11.6 Å². The van der Waals surface area contributed by atoms with Crippen molar-refractivity contribution in [2.45, 2.75) is 37.6 Å². The third-order valence-electron chi connectivity index (χ3n) is 6.51. The molecule has 1 amide bonds. The lowest BCUT2D eigenvalue weighted by Crippen LogP contribution is -2.60. The number of aromatic nitrogens is 3. The van der Waals surface area contributed by atoms with Crippen molar-refractivity contribution in [1.82, 2.24) is 15.0 Å². The smallest absolute Gasteiger partial charge is 0.227 e. The summed E-state index contributed by atoms with van der Waals surface area (Å²) in [5.41, 5.74) is 0.943. The van der Waals surface area contributed by atoms with Gasteiger partial charge in [0.1, 0.15) is 11.6 Å². The van der Waals surface area contributed by atoms with Crippen molar-refractivity contribution in [3.63, 3.8) is 0 Å². The maximum Gasteiger partial charge on any atom is 0.227 e. The van der Waals surface area contributed by atoms with Crippen molar-refractivity contribution in [3.05, 3.63) is 65.3 Å². The molecule has 0 bridgehead atoms. The van der Waals surface area contributed by atoms with Crippen molar-refractivity contribution in [2.75, 3.05) is 22.9 Å². The van der Waals surface area contributed by atoms with E-state index in [1.54, 1.807) is 27.8 Å². The molecule has 0 N–H and O–H groups in total. The molecule has 6 nitrogen and oxygen atoms in total. The molecule has 9 heteroatoms. The second-order valence-electron chi connectivity index (χ2n) is 8.39. The van der Waals surface area contributed by atoms with Gasteiger partial charge in [-0.1, -0.05) is 16.8 Å². The Labute approximate surface area is 189 Å². The molecule has 0 unspecified atom stereocenters. The van der Waals surface area contributed by atoms with Crippen LogP contribution in [0.1, 0.15) is 32.1 Å². The van der Waals surface area contributed by atoms with Gasteiger partial charge in [-0.25, -0.2) is 13.5 Å². The van der Waals surface area contributed by atoms with Crippen LogP contribution < -0.4 is 9.80 Å². The highest BCUT2D eigenvalue weighted by molar-refractivity contribution is 6.30. The van der Waals surface area contributed by atoms with Crippen LogP contribution in [0.5, 0.6) is 0 Å². The number of anilines is 2. The third-order valence-corrected chi connectivity index (χ3v) is 6.82. The van der Waals surface area contributed by atoms with Gasteiger partial charge in [-0.3, -0.25) is 4.79 Å². The van der Waals surface area contributed by atoms with Crippen LogP contribution >= 0.6 is 11.6 Å². The van der Waals surface area contributed by atoms with Crippen molar-refractivity contribution >= 4 is 29.0 Å². The first-order chi connectivity index (χ1) is 15.4. The lowest BCUT2D eigenvalue weighted by molar-refractivity contribution is -0.121. The molecule has 1 aromatic heterocycles. The summed E-state index contributed by atoms with van der Waals surface area (Å²) in [6, 6.07) is 10.6. The standard InChI is InChI=1S/C23H22ClF2N5O/c24-19-8-7-18(14-20(19)26)31-22(32)2-1-9-23(31)10-12-29(13-11-23)21-15-30(28-27-21)17-5-3-16(25)4-6-17/h3-8,14-15H,1-2,9-13H2. The summed E-state index contributed by atoms with van der Waals surface area (Å²) in [6.45, 7) is 1.39. The molecule has 3 heterocycles. The highest BCUT2D eigenvalue weighted by atomic mass is 35.5. The Hall–Kier alpha value is -3.00. The number of rotatable bonds is 3. The molecule has 2 aliphatic heterocycles. The fraction of sp³-hybridized carbons (Fsp3) is 0.348. The maximum absolute atomic E-state index is 14.1. The molecule has 3 aromatic rings. The van der Waals surface area contributed by atoms with Gasteiger partial charge in [-0.2, -0.15) is 0 Å². The summed E-state index contributed by atoms with van der Waals surface area (Å²) >= 11 is 5.86. The van der Waals surface area contributed by atoms with E-state index in [4.69, 9.17) is 11.6 Å². The first kappa shape index (κ1) is 20.9. The van der Waals surface area contributed by atoms with Gasteiger partial charge >= 0.3 is 0 Å². The van der Waals surface area contributed by atoms with Gasteiger partial charge in [0.2, 0.25) is 5.91 Å². The van der Waals surface area contributed by atoms with Gasteiger partial charge in [0.05, 0.1) is 22.4 Å². The lowest BCUT2D eigenvalue weighted by Gasteiger charge is -2.51. The molecule has 0 saturated carbocycles. The predicted octanol–water partition coefficient (Wildman–Crippen LogP) is 4.76. The largest absolute Gasteiger partial charge is 0.354 e. The number of nitrogens with zero attached hydrogens (tertiary/aromatic N) is 5. The van der Waals surface area contributed by atoms with Crippen molar-refractivity contribution < 1.29 is 13.6 Å². The quantitative estimate of drug-likeness (QED) is 0.569. The zero-order valence-electron chi connectivity index (χ0n) is 17.3. The highest BCUT2D eigenvalue weighted by Gasteiger charge is 2.45. The fourth-order valence-electron chi connectivity index (χ4n) is 4.84.